The number of hydrogen-bond acceptors (Lipinski definition) is 4. The summed E-state index contributed by atoms with van der Waals surface area (Å²) >= 11 is 0. The van der Waals surface area contributed by atoms with E-state index in [4.69, 9.17) is 4.42 Å². The normalized spacial score (nSPS) is 11.4. The molecule has 3 aromatic rings. The second-order valence-electron chi connectivity index (χ2n) is 5.91. The number of para-hydroxylation sites is 2. The van der Waals surface area contributed by atoms with Gasteiger partial charge in [-0.2, -0.15) is 0 Å². The number of aliphatic imine (C=N–C) groups is 1. The van der Waals surface area contributed by atoms with E-state index >= 15 is 0 Å². The van der Waals surface area contributed by atoms with Crippen LogP contribution in [0.1, 0.15) is 29.6 Å². The molecule has 2 heterocycles. The summed E-state index contributed by atoms with van der Waals surface area (Å²) in [6.45, 7) is 5.17. The van der Waals surface area contributed by atoms with Gasteiger partial charge in [0.05, 0.1) is 23.3 Å². The molecular weight excluding hydrogens is 443 g/mol. The van der Waals surface area contributed by atoms with Crippen molar-refractivity contribution in [2.75, 3.05) is 13.6 Å². The van der Waals surface area contributed by atoms with E-state index in [2.05, 4.69) is 30.6 Å². The molecule has 3 rings (SSSR count). The van der Waals surface area contributed by atoms with Gasteiger partial charge < -0.3 is 20.0 Å². The van der Waals surface area contributed by atoms with E-state index in [0.29, 0.717) is 12.4 Å². The third kappa shape index (κ3) is 5.20. The van der Waals surface area contributed by atoms with Crippen LogP contribution in [0, 0.1) is 13.8 Å². The van der Waals surface area contributed by atoms with E-state index in [-0.39, 0.29) is 24.0 Å². The Labute approximate surface area is 170 Å². The monoisotopic (exact) mass is 468 g/mol. The molecule has 0 bridgehead atoms. The number of fused-ring (bicyclic) bond motifs is 1. The van der Waals surface area contributed by atoms with Crippen LogP contribution in [0.15, 0.2) is 33.7 Å². The zero-order chi connectivity index (χ0) is 17.6. The Balaban J connectivity index is 0.00000243. The minimum Gasteiger partial charge on any atom is -0.444 e. The molecule has 8 heteroatoms. The summed E-state index contributed by atoms with van der Waals surface area (Å²) in [5.74, 6) is 3.26. The number of hydrogen-bond donors (Lipinski definition) is 3. The highest BCUT2D eigenvalue weighted by atomic mass is 127. The molecule has 1 aromatic carbocycles. The highest BCUT2D eigenvalue weighted by Gasteiger charge is 2.06. The average Bonchev–Trinajstić information content (AvgIpc) is 3.17. The van der Waals surface area contributed by atoms with Crippen LogP contribution in [-0.2, 0) is 13.0 Å². The van der Waals surface area contributed by atoms with E-state index in [0.717, 1.165) is 53.7 Å². The second-order valence-corrected chi connectivity index (χ2v) is 5.91. The van der Waals surface area contributed by atoms with Crippen LogP contribution in [0.3, 0.4) is 0 Å². The lowest BCUT2D eigenvalue weighted by Crippen LogP contribution is -2.37. The number of aryl methyl sites for hydroxylation is 3. The third-order valence-corrected chi connectivity index (χ3v) is 4.02. The van der Waals surface area contributed by atoms with Crippen LogP contribution in [0.2, 0.25) is 0 Å². The molecule has 0 aliphatic rings. The molecule has 0 atom stereocenters. The molecule has 0 unspecified atom stereocenters. The highest BCUT2D eigenvalue weighted by molar-refractivity contribution is 14.0. The molecule has 0 aliphatic carbocycles. The second kappa shape index (κ2) is 9.56. The van der Waals surface area contributed by atoms with Crippen molar-refractivity contribution in [1.82, 2.24) is 25.6 Å². The molecule has 0 saturated carbocycles. The summed E-state index contributed by atoms with van der Waals surface area (Å²) in [5.41, 5.74) is 3.02. The minimum absolute atomic E-state index is 0. The van der Waals surface area contributed by atoms with E-state index in [1.165, 1.54) is 0 Å². The van der Waals surface area contributed by atoms with Gasteiger partial charge in [-0.25, -0.2) is 9.97 Å². The molecule has 0 saturated heterocycles. The molecule has 0 fully saturated rings. The average molecular weight is 468 g/mol. The van der Waals surface area contributed by atoms with Gasteiger partial charge in [0.1, 0.15) is 11.6 Å². The zero-order valence-corrected chi connectivity index (χ0v) is 17.6. The zero-order valence-electron chi connectivity index (χ0n) is 15.3. The van der Waals surface area contributed by atoms with Gasteiger partial charge in [-0.1, -0.05) is 12.1 Å². The lowest BCUT2D eigenvalue weighted by Gasteiger charge is -2.10. The Morgan fingerprint density at radius 3 is 2.69 bits per heavy atom. The van der Waals surface area contributed by atoms with Gasteiger partial charge in [0, 0.05) is 20.0 Å². The van der Waals surface area contributed by atoms with E-state index in [1.807, 2.05) is 38.1 Å². The smallest absolute Gasteiger partial charge is 0.214 e. The Morgan fingerprint density at radius 1 is 1.19 bits per heavy atom. The molecule has 3 N–H and O–H groups in total. The summed E-state index contributed by atoms with van der Waals surface area (Å²) in [5, 5.41) is 6.50. The standard InChI is InChI=1S/C18H24N6O.HI/c1-12-13(2)25-17(22-12)11-21-18(19-3)20-10-6-9-16-23-14-7-4-5-8-15(14)24-16;/h4-5,7-8H,6,9-11H2,1-3H3,(H,23,24)(H2,19,20,21);1H. The number of benzene rings is 1. The highest BCUT2D eigenvalue weighted by Crippen LogP contribution is 2.11. The lowest BCUT2D eigenvalue weighted by atomic mass is 10.3. The molecule has 2 aromatic heterocycles. The number of nitrogens with zero attached hydrogens (tertiary/aromatic N) is 3. The van der Waals surface area contributed by atoms with Crippen LogP contribution in [0.5, 0.6) is 0 Å². The minimum atomic E-state index is 0. The maximum Gasteiger partial charge on any atom is 0.214 e. The van der Waals surface area contributed by atoms with Crippen molar-refractivity contribution in [3.63, 3.8) is 0 Å². The van der Waals surface area contributed by atoms with Crippen molar-refractivity contribution in [3.8, 4) is 0 Å². The van der Waals surface area contributed by atoms with Gasteiger partial charge in [-0.05, 0) is 32.4 Å². The first-order chi connectivity index (χ1) is 12.2. The maximum absolute atomic E-state index is 5.55. The van der Waals surface area contributed by atoms with Gasteiger partial charge in [0.25, 0.3) is 0 Å². The van der Waals surface area contributed by atoms with Crippen LogP contribution in [0.25, 0.3) is 11.0 Å². The van der Waals surface area contributed by atoms with Crippen LogP contribution >= 0.6 is 24.0 Å². The van der Waals surface area contributed by atoms with Crippen molar-refractivity contribution in [3.05, 3.63) is 47.4 Å². The largest absolute Gasteiger partial charge is 0.444 e. The summed E-state index contributed by atoms with van der Waals surface area (Å²) < 4.78 is 5.55. The first-order valence-electron chi connectivity index (χ1n) is 8.47. The molecule has 0 spiro atoms. The first kappa shape index (κ1) is 20.2. The van der Waals surface area contributed by atoms with Crippen molar-refractivity contribution < 1.29 is 4.42 Å². The Hall–Kier alpha value is -2.10. The summed E-state index contributed by atoms with van der Waals surface area (Å²) in [7, 11) is 1.75. The fourth-order valence-corrected chi connectivity index (χ4v) is 2.58. The van der Waals surface area contributed by atoms with Gasteiger partial charge >= 0.3 is 0 Å². The fraction of sp³-hybridized carbons (Fsp3) is 0.389. The van der Waals surface area contributed by atoms with Crippen molar-refractivity contribution in [2.45, 2.75) is 33.2 Å². The van der Waals surface area contributed by atoms with Crippen LogP contribution in [-0.4, -0.2) is 34.5 Å². The lowest BCUT2D eigenvalue weighted by molar-refractivity contribution is 0.463. The van der Waals surface area contributed by atoms with Gasteiger partial charge in [-0.3, -0.25) is 4.99 Å². The molecule has 7 nitrogen and oxygen atoms in total. The molecule has 0 radical (unpaired) electrons. The molecule has 0 aliphatic heterocycles. The van der Waals surface area contributed by atoms with E-state index in [9.17, 15) is 0 Å². The van der Waals surface area contributed by atoms with Gasteiger partial charge in [0.2, 0.25) is 5.89 Å². The van der Waals surface area contributed by atoms with Crippen molar-refractivity contribution >= 4 is 41.0 Å². The summed E-state index contributed by atoms with van der Waals surface area (Å²) in [4.78, 5) is 16.5. The quantitative estimate of drug-likeness (QED) is 0.224. The Kier molecular flexibility index (Phi) is 7.43. The predicted octanol–water partition coefficient (Wildman–Crippen LogP) is 3.08. The number of halogens is 1. The first-order valence-corrected chi connectivity index (χ1v) is 8.47. The van der Waals surface area contributed by atoms with Gasteiger partial charge in [-0.15, -0.1) is 24.0 Å². The number of nitrogens with one attached hydrogen (secondary N) is 3. The van der Waals surface area contributed by atoms with Crippen LogP contribution in [0.4, 0.5) is 0 Å². The van der Waals surface area contributed by atoms with E-state index < -0.39 is 0 Å². The topological polar surface area (TPSA) is 91.1 Å². The van der Waals surface area contributed by atoms with Crippen molar-refractivity contribution in [2.24, 2.45) is 4.99 Å². The van der Waals surface area contributed by atoms with Gasteiger partial charge in [0.15, 0.2) is 5.96 Å². The number of oxazole rings is 1. The fourth-order valence-electron chi connectivity index (χ4n) is 2.58. The SMILES string of the molecule is CN=C(NCCCc1nc2ccccc2[nH]1)NCc1nc(C)c(C)o1.I. The van der Waals surface area contributed by atoms with E-state index in [1.54, 1.807) is 7.05 Å². The number of imidazole rings is 1. The number of aromatic nitrogens is 3. The number of aromatic amines is 1. The number of H-pyrrole nitrogens is 1. The Morgan fingerprint density at radius 2 is 2.00 bits per heavy atom. The van der Waals surface area contributed by atoms with Crippen molar-refractivity contribution in [1.29, 1.82) is 0 Å². The molecule has 0 amide bonds. The Bertz CT molecular complexity index is 817. The predicted molar refractivity (Wildman–Crippen MR) is 114 cm³/mol. The van der Waals surface area contributed by atoms with Crippen LogP contribution < -0.4 is 10.6 Å². The summed E-state index contributed by atoms with van der Waals surface area (Å²) in [6, 6.07) is 8.08. The number of rotatable bonds is 6. The molecular formula is C18H25IN6O. The molecule has 26 heavy (non-hydrogen) atoms. The third-order valence-electron chi connectivity index (χ3n) is 4.02. The summed E-state index contributed by atoms with van der Waals surface area (Å²) in [6.07, 6.45) is 1.84. The maximum atomic E-state index is 5.55. The number of guanidine groups is 1. The molecule has 140 valence electrons.